The smallest absolute Gasteiger partial charge is 0.209 e. The third-order valence-electron chi connectivity index (χ3n) is 4.80. The Morgan fingerprint density at radius 1 is 1.34 bits per heavy atom. The lowest BCUT2D eigenvalue weighted by molar-refractivity contribution is -0.115. The highest BCUT2D eigenvalue weighted by atomic mass is 16.1. The van der Waals surface area contributed by atoms with Gasteiger partial charge in [0, 0.05) is 31.6 Å². The molecule has 9 nitrogen and oxygen atoms in total. The molecule has 3 aromatic rings. The number of carbonyl (C=O) groups excluding carboxylic acids is 1. The average molecular weight is 394 g/mol. The summed E-state index contributed by atoms with van der Waals surface area (Å²) < 4.78 is 0. The molecule has 1 aliphatic rings. The van der Waals surface area contributed by atoms with Gasteiger partial charge in [0.15, 0.2) is 0 Å². The molecule has 5 N–H and O–H groups in total. The standard InChI is InChI=1S/C17H19N7.C3H7NO/c1-9-2-3-13-11(4-9)15-16(23-13)21-8-22-17(15)24-14-5-10(6-18)12(19)7-20-14;1-4(2)3-5/h5-9,18H,2-4,19H2,1H3,(H2,20,21,22,23,24);3H,1-2H3. The second kappa shape index (κ2) is 8.68. The molecule has 9 heteroatoms. The first-order chi connectivity index (χ1) is 13.9. The molecule has 0 bridgehead atoms. The Bertz CT molecular complexity index is 1030. The van der Waals surface area contributed by atoms with Crippen molar-refractivity contribution in [1.82, 2.24) is 24.8 Å². The normalized spacial score (nSPS) is 15.1. The number of hydrogen-bond acceptors (Lipinski definition) is 7. The molecule has 3 aromatic heterocycles. The fourth-order valence-corrected chi connectivity index (χ4v) is 3.31. The minimum absolute atomic E-state index is 0.483. The maximum Gasteiger partial charge on any atom is 0.209 e. The Hall–Kier alpha value is -3.49. The van der Waals surface area contributed by atoms with E-state index < -0.39 is 0 Å². The average Bonchev–Trinajstić information content (AvgIpc) is 3.08. The van der Waals surface area contributed by atoms with Gasteiger partial charge in [-0.25, -0.2) is 15.0 Å². The van der Waals surface area contributed by atoms with E-state index in [2.05, 4.69) is 32.2 Å². The molecule has 0 aromatic carbocycles. The molecule has 0 radical (unpaired) electrons. The van der Waals surface area contributed by atoms with Crippen LogP contribution in [0.5, 0.6) is 0 Å². The van der Waals surface area contributed by atoms with Crippen LogP contribution in [0.3, 0.4) is 0 Å². The summed E-state index contributed by atoms with van der Waals surface area (Å²) in [5.74, 6) is 2.00. The first-order valence-electron chi connectivity index (χ1n) is 9.42. The summed E-state index contributed by atoms with van der Waals surface area (Å²) in [6.07, 6.45) is 8.33. The molecule has 1 aliphatic carbocycles. The summed E-state index contributed by atoms with van der Waals surface area (Å²) in [6, 6.07) is 1.75. The van der Waals surface area contributed by atoms with Crippen molar-refractivity contribution in [3.63, 3.8) is 0 Å². The molecule has 3 heterocycles. The van der Waals surface area contributed by atoms with Gasteiger partial charge in [-0.2, -0.15) is 0 Å². The van der Waals surface area contributed by atoms with Gasteiger partial charge in [0.05, 0.1) is 17.3 Å². The first-order valence-corrected chi connectivity index (χ1v) is 9.42. The molecular weight excluding hydrogens is 368 g/mol. The third kappa shape index (κ3) is 4.50. The molecule has 1 unspecified atom stereocenters. The Labute approximate surface area is 169 Å². The number of H-pyrrole nitrogens is 1. The van der Waals surface area contributed by atoms with Crippen molar-refractivity contribution < 1.29 is 4.79 Å². The van der Waals surface area contributed by atoms with E-state index >= 15 is 0 Å². The summed E-state index contributed by atoms with van der Waals surface area (Å²) in [5.41, 5.74) is 10.3. The number of anilines is 3. The van der Waals surface area contributed by atoms with Crippen molar-refractivity contribution >= 4 is 41.0 Å². The molecule has 1 atom stereocenters. The lowest BCUT2D eigenvalue weighted by Gasteiger charge is -2.18. The minimum atomic E-state index is 0.483. The summed E-state index contributed by atoms with van der Waals surface area (Å²) >= 11 is 0. The zero-order chi connectivity index (χ0) is 21.0. The van der Waals surface area contributed by atoms with E-state index in [4.69, 9.17) is 11.1 Å². The lowest BCUT2D eigenvalue weighted by atomic mass is 9.88. The highest BCUT2D eigenvalue weighted by Crippen LogP contribution is 2.34. The summed E-state index contributed by atoms with van der Waals surface area (Å²) in [5, 5.41) is 11.7. The summed E-state index contributed by atoms with van der Waals surface area (Å²) in [4.78, 5) is 27.4. The Kier molecular flexibility index (Phi) is 6.06. The van der Waals surface area contributed by atoms with Gasteiger partial charge in [-0.1, -0.05) is 6.92 Å². The molecule has 0 spiro atoms. The number of nitrogens with one attached hydrogen (secondary N) is 3. The summed E-state index contributed by atoms with van der Waals surface area (Å²) in [6.45, 7) is 2.27. The van der Waals surface area contributed by atoms with Gasteiger partial charge >= 0.3 is 0 Å². The topological polar surface area (TPSA) is 137 Å². The number of aromatic amines is 1. The van der Waals surface area contributed by atoms with Crippen LogP contribution in [0.1, 0.15) is 30.2 Å². The molecule has 0 fully saturated rings. The predicted octanol–water partition coefficient (Wildman–Crippen LogP) is 2.51. The van der Waals surface area contributed by atoms with Crippen LogP contribution in [0.25, 0.3) is 11.0 Å². The monoisotopic (exact) mass is 394 g/mol. The molecule has 0 saturated carbocycles. The highest BCUT2D eigenvalue weighted by Gasteiger charge is 2.22. The van der Waals surface area contributed by atoms with Gasteiger partial charge in [0.25, 0.3) is 0 Å². The maximum absolute atomic E-state index is 9.43. The predicted molar refractivity (Wildman–Crippen MR) is 115 cm³/mol. The fourth-order valence-electron chi connectivity index (χ4n) is 3.31. The third-order valence-corrected chi connectivity index (χ3v) is 4.80. The second-order valence-corrected chi connectivity index (χ2v) is 7.41. The van der Waals surface area contributed by atoms with Gasteiger partial charge in [0.1, 0.15) is 23.6 Å². The molecule has 0 saturated heterocycles. The van der Waals surface area contributed by atoms with Gasteiger partial charge in [-0.05, 0) is 36.8 Å². The van der Waals surface area contributed by atoms with Crippen LogP contribution < -0.4 is 11.1 Å². The van der Waals surface area contributed by atoms with Gasteiger partial charge < -0.3 is 26.3 Å². The van der Waals surface area contributed by atoms with E-state index in [9.17, 15) is 4.79 Å². The lowest BCUT2D eigenvalue weighted by Crippen LogP contribution is -2.10. The van der Waals surface area contributed by atoms with Crippen molar-refractivity contribution in [2.75, 3.05) is 25.1 Å². The number of aryl methyl sites for hydroxylation is 1. The van der Waals surface area contributed by atoms with E-state index in [0.717, 1.165) is 36.1 Å². The minimum Gasteiger partial charge on any atom is -0.397 e. The van der Waals surface area contributed by atoms with Crippen molar-refractivity contribution in [2.45, 2.75) is 26.2 Å². The number of amides is 1. The number of rotatable bonds is 4. The molecule has 1 amide bonds. The van der Waals surface area contributed by atoms with Crippen LogP contribution in [-0.4, -0.2) is 51.6 Å². The molecule has 0 aliphatic heterocycles. The Morgan fingerprint density at radius 2 is 2.10 bits per heavy atom. The van der Waals surface area contributed by atoms with Gasteiger partial charge in [0.2, 0.25) is 6.41 Å². The van der Waals surface area contributed by atoms with Crippen molar-refractivity contribution in [3.8, 4) is 0 Å². The van der Waals surface area contributed by atoms with Gasteiger partial charge in [-0.3, -0.25) is 4.79 Å². The number of nitrogen functional groups attached to an aromatic ring is 1. The van der Waals surface area contributed by atoms with Crippen molar-refractivity contribution in [1.29, 1.82) is 5.41 Å². The van der Waals surface area contributed by atoms with E-state index in [1.807, 2.05) is 0 Å². The molecular formula is C20H26N8O. The number of nitrogens with two attached hydrogens (primary N) is 1. The van der Waals surface area contributed by atoms with Crippen LogP contribution in [-0.2, 0) is 17.6 Å². The van der Waals surface area contributed by atoms with Crippen LogP contribution in [0.15, 0.2) is 18.6 Å². The summed E-state index contributed by atoms with van der Waals surface area (Å²) in [7, 11) is 3.38. The quantitative estimate of drug-likeness (QED) is 0.396. The number of pyridine rings is 1. The van der Waals surface area contributed by atoms with Crippen LogP contribution in [0, 0.1) is 11.3 Å². The Morgan fingerprint density at radius 3 is 2.79 bits per heavy atom. The van der Waals surface area contributed by atoms with Crippen LogP contribution in [0.4, 0.5) is 17.3 Å². The number of carbonyl (C=O) groups is 1. The highest BCUT2D eigenvalue weighted by molar-refractivity contribution is 5.93. The number of fused-ring (bicyclic) bond motifs is 3. The number of aromatic nitrogens is 4. The maximum atomic E-state index is 9.43. The Balaban J connectivity index is 0.000000431. The SMILES string of the molecule is CC1CCc2[nH]c3ncnc(Nc4cc(C=N)c(N)cn4)c3c2C1.CN(C)C=O. The van der Waals surface area contributed by atoms with E-state index in [1.54, 1.807) is 32.7 Å². The van der Waals surface area contributed by atoms with Crippen molar-refractivity contribution in [3.05, 3.63) is 35.4 Å². The van der Waals surface area contributed by atoms with Crippen molar-refractivity contribution in [2.24, 2.45) is 5.92 Å². The zero-order valence-electron chi connectivity index (χ0n) is 16.9. The largest absolute Gasteiger partial charge is 0.397 e. The van der Waals surface area contributed by atoms with Crippen LogP contribution in [0.2, 0.25) is 0 Å². The fraction of sp³-hybridized carbons (Fsp3) is 0.350. The van der Waals surface area contributed by atoms with Gasteiger partial charge in [-0.15, -0.1) is 0 Å². The molecule has 4 rings (SSSR count). The van der Waals surface area contributed by atoms with E-state index in [-0.39, 0.29) is 0 Å². The molecule has 152 valence electrons. The van der Waals surface area contributed by atoms with E-state index in [1.165, 1.54) is 28.8 Å². The van der Waals surface area contributed by atoms with E-state index in [0.29, 0.717) is 23.0 Å². The second-order valence-electron chi connectivity index (χ2n) is 7.41. The molecule has 29 heavy (non-hydrogen) atoms. The van der Waals surface area contributed by atoms with Crippen LogP contribution >= 0.6 is 0 Å². The number of nitrogens with zero attached hydrogens (tertiary/aromatic N) is 4. The first kappa shape index (κ1) is 20.2. The zero-order valence-corrected chi connectivity index (χ0v) is 16.9. The number of hydrogen-bond donors (Lipinski definition) is 4.